The van der Waals surface area contributed by atoms with E-state index in [2.05, 4.69) is 11.8 Å². The van der Waals surface area contributed by atoms with Crippen LogP contribution in [0.3, 0.4) is 0 Å². The molecule has 18 heavy (non-hydrogen) atoms. The first kappa shape index (κ1) is 13.1. The molecule has 1 N–H and O–H groups in total. The topological polar surface area (TPSA) is 56.9 Å². The monoisotopic (exact) mass is 252 g/mol. The van der Waals surface area contributed by atoms with Gasteiger partial charge in [0.05, 0.1) is 18.8 Å². The molecule has 5 heteroatoms. The molecule has 100 valence electrons. The van der Waals surface area contributed by atoms with E-state index in [-0.39, 0.29) is 24.6 Å². The summed E-state index contributed by atoms with van der Waals surface area (Å²) in [5, 5.41) is 9.13. The second kappa shape index (κ2) is 5.54. The van der Waals surface area contributed by atoms with Crippen LogP contribution in [0.5, 0.6) is 0 Å². The number of amides is 1. The van der Waals surface area contributed by atoms with E-state index in [0.29, 0.717) is 19.5 Å². The molecule has 1 fully saturated rings. The lowest BCUT2D eigenvalue weighted by atomic mass is 10.0. The van der Waals surface area contributed by atoms with Gasteiger partial charge in [-0.1, -0.05) is 0 Å². The van der Waals surface area contributed by atoms with E-state index >= 15 is 0 Å². The number of piperazine rings is 1. The Hall–Kier alpha value is -1.33. The van der Waals surface area contributed by atoms with Gasteiger partial charge < -0.3 is 14.4 Å². The smallest absolute Gasteiger partial charge is 0.239 e. The maximum absolute atomic E-state index is 12.1. The van der Waals surface area contributed by atoms with E-state index in [1.54, 1.807) is 11.2 Å². The minimum atomic E-state index is -0.256. The summed E-state index contributed by atoms with van der Waals surface area (Å²) in [6.07, 6.45) is 2.10. The lowest BCUT2D eigenvalue weighted by molar-refractivity contribution is -0.144. The van der Waals surface area contributed by atoms with Crippen molar-refractivity contribution in [1.82, 2.24) is 9.80 Å². The van der Waals surface area contributed by atoms with E-state index < -0.39 is 0 Å². The third-order valence-corrected chi connectivity index (χ3v) is 3.49. The van der Waals surface area contributed by atoms with Crippen molar-refractivity contribution in [3.8, 4) is 0 Å². The number of furan rings is 1. The number of carbonyl (C=O) groups is 1. The van der Waals surface area contributed by atoms with Gasteiger partial charge in [-0.2, -0.15) is 0 Å². The molecule has 1 aromatic heterocycles. The summed E-state index contributed by atoms with van der Waals surface area (Å²) in [6, 6.07) is 3.76. The van der Waals surface area contributed by atoms with Gasteiger partial charge in [0.1, 0.15) is 5.76 Å². The molecular weight excluding hydrogens is 232 g/mol. The zero-order valence-electron chi connectivity index (χ0n) is 10.9. The molecule has 1 aromatic rings. The van der Waals surface area contributed by atoms with E-state index in [1.807, 2.05) is 19.2 Å². The minimum Gasteiger partial charge on any atom is -0.468 e. The van der Waals surface area contributed by atoms with Crippen LogP contribution in [-0.4, -0.2) is 53.1 Å². The van der Waals surface area contributed by atoms with Gasteiger partial charge in [0.15, 0.2) is 0 Å². The third kappa shape index (κ3) is 2.57. The van der Waals surface area contributed by atoms with Crippen LogP contribution in [0.25, 0.3) is 0 Å². The molecule has 2 atom stereocenters. The van der Waals surface area contributed by atoms with Gasteiger partial charge in [-0.25, -0.2) is 0 Å². The molecule has 0 aliphatic carbocycles. The number of aliphatic hydroxyl groups excluding tert-OH is 1. The van der Waals surface area contributed by atoms with Crippen molar-refractivity contribution in [3.05, 3.63) is 24.2 Å². The number of hydrogen-bond acceptors (Lipinski definition) is 4. The lowest BCUT2D eigenvalue weighted by Crippen LogP contribution is -2.59. The van der Waals surface area contributed by atoms with Gasteiger partial charge in [-0.15, -0.1) is 0 Å². The van der Waals surface area contributed by atoms with Crippen LogP contribution >= 0.6 is 0 Å². The number of carbonyl (C=O) groups excluding carboxylic acids is 1. The van der Waals surface area contributed by atoms with Crippen LogP contribution in [0, 0.1) is 0 Å². The van der Waals surface area contributed by atoms with Gasteiger partial charge >= 0.3 is 0 Å². The Morgan fingerprint density at radius 1 is 1.56 bits per heavy atom. The molecule has 2 unspecified atom stereocenters. The predicted molar refractivity (Wildman–Crippen MR) is 66.8 cm³/mol. The fraction of sp³-hybridized carbons (Fsp3) is 0.615. The maximum Gasteiger partial charge on any atom is 0.239 e. The van der Waals surface area contributed by atoms with Crippen LogP contribution in [-0.2, 0) is 11.3 Å². The molecule has 0 aromatic carbocycles. The predicted octanol–water partition coefficient (Wildman–Crippen LogP) is 0.693. The lowest BCUT2D eigenvalue weighted by Gasteiger charge is -2.43. The Kier molecular flexibility index (Phi) is 4.04. The Labute approximate surface area is 107 Å². The highest BCUT2D eigenvalue weighted by Crippen LogP contribution is 2.21. The molecular formula is C13H20N2O3. The van der Waals surface area contributed by atoms with Crippen LogP contribution in [0.15, 0.2) is 22.8 Å². The summed E-state index contributed by atoms with van der Waals surface area (Å²) < 4.78 is 5.34. The summed E-state index contributed by atoms with van der Waals surface area (Å²) in [6.45, 7) is 3.43. The van der Waals surface area contributed by atoms with Crippen molar-refractivity contribution < 1.29 is 14.3 Å². The number of hydrogen-bond donors (Lipinski definition) is 1. The molecule has 1 aliphatic heterocycles. The number of nitrogens with zero attached hydrogens (tertiary/aromatic N) is 2. The van der Waals surface area contributed by atoms with Crippen LogP contribution in [0.4, 0.5) is 0 Å². The van der Waals surface area contributed by atoms with Crippen molar-refractivity contribution >= 4 is 5.91 Å². The summed E-state index contributed by atoms with van der Waals surface area (Å²) >= 11 is 0. The van der Waals surface area contributed by atoms with Crippen molar-refractivity contribution in [2.75, 3.05) is 20.2 Å². The molecule has 0 spiro atoms. The van der Waals surface area contributed by atoms with Crippen molar-refractivity contribution in [2.45, 2.75) is 32.0 Å². The minimum absolute atomic E-state index is 0.0195. The fourth-order valence-electron chi connectivity index (χ4n) is 2.55. The summed E-state index contributed by atoms with van der Waals surface area (Å²) in [5.74, 6) is 0.927. The van der Waals surface area contributed by atoms with E-state index in [4.69, 9.17) is 9.52 Å². The molecule has 2 rings (SSSR count). The SMILES string of the molecule is CC1CN(C)C(=O)C(CCO)N1Cc1ccco1. The van der Waals surface area contributed by atoms with Gasteiger partial charge in [0.2, 0.25) is 5.91 Å². The first-order valence-electron chi connectivity index (χ1n) is 6.27. The molecule has 1 amide bonds. The number of likely N-dealkylation sites (N-methyl/N-ethyl adjacent to an activating group) is 1. The quantitative estimate of drug-likeness (QED) is 0.856. The highest BCUT2D eigenvalue weighted by atomic mass is 16.3. The Morgan fingerprint density at radius 2 is 2.33 bits per heavy atom. The zero-order valence-corrected chi connectivity index (χ0v) is 10.9. The normalized spacial score (nSPS) is 25.7. The second-order valence-electron chi connectivity index (χ2n) is 4.85. The van der Waals surface area contributed by atoms with Gasteiger partial charge in [-0.05, 0) is 25.5 Å². The largest absolute Gasteiger partial charge is 0.468 e. The molecule has 5 nitrogen and oxygen atoms in total. The van der Waals surface area contributed by atoms with Crippen molar-refractivity contribution in [1.29, 1.82) is 0 Å². The first-order chi connectivity index (χ1) is 8.63. The summed E-state index contributed by atoms with van der Waals surface area (Å²) in [4.78, 5) is 16.0. The Bertz CT molecular complexity index is 391. The summed E-state index contributed by atoms with van der Waals surface area (Å²) in [7, 11) is 1.81. The molecule has 1 aliphatic rings. The van der Waals surface area contributed by atoms with E-state index in [0.717, 1.165) is 5.76 Å². The molecule has 0 bridgehead atoms. The Morgan fingerprint density at radius 3 is 2.94 bits per heavy atom. The van der Waals surface area contributed by atoms with Crippen LogP contribution in [0.2, 0.25) is 0 Å². The second-order valence-corrected chi connectivity index (χ2v) is 4.85. The van der Waals surface area contributed by atoms with Crippen molar-refractivity contribution in [2.24, 2.45) is 0 Å². The molecule has 0 saturated carbocycles. The van der Waals surface area contributed by atoms with Crippen LogP contribution in [0.1, 0.15) is 19.1 Å². The average molecular weight is 252 g/mol. The van der Waals surface area contributed by atoms with E-state index in [9.17, 15) is 4.79 Å². The molecule has 0 radical (unpaired) electrons. The standard InChI is InChI=1S/C13H20N2O3/c1-10-8-14(2)13(17)12(5-6-16)15(10)9-11-4-3-7-18-11/h3-4,7,10,12,16H,5-6,8-9H2,1-2H3. The third-order valence-electron chi connectivity index (χ3n) is 3.49. The highest BCUT2D eigenvalue weighted by Gasteiger charge is 2.36. The number of aliphatic hydroxyl groups is 1. The van der Waals surface area contributed by atoms with Gasteiger partial charge in [0, 0.05) is 26.2 Å². The maximum atomic E-state index is 12.1. The summed E-state index contributed by atoms with van der Waals surface area (Å²) in [5.41, 5.74) is 0. The van der Waals surface area contributed by atoms with E-state index in [1.165, 1.54) is 0 Å². The molecule has 2 heterocycles. The fourth-order valence-corrected chi connectivity index (χ4v) is 2.55. The highest BCUT2D eigenvalue weighted by molar-refractivity contribution is 5.82. The first-order valence-corrected chi connectivity index (χ1v) is 6.27. The molecule has 1 saturated heterocycles. The Balaban J connectivity index is 2.15. The average Bonchev–Trinajstić information content (AvgIpc) is 2.83. The number of rotatable bonds is 4. The van der Waals surface area contributed by atoms with Gasteiger partial charge in [0.25, 0.3) is 0 Å². The van der Waals surface area contributed by atoms with Crippen molar-refractivity contribution in [3.63, 3.8) is 0 Å². The van der Waals surface area contributed by atoms with Crippen LogP contribution < -0.4 is 0 Å². The van der Waals surface area contributed by atoms with Gasteiger partial charge in [-0.3, -0.25) is 9.69 Å². The zero-order chi connectivity index (χ0) is 13.1.